The van der Waals surface area contributed by atoms with Gasteiger partial charge in [0.15, 0.2) is 0 Å². The van der Waals surface area contributed by atoms with Crippen molar-refractivity contribution in [1.29, 1.82) is 0 Å². The van der Waals surface area contributed by atoms with Crippen LogP contribution in [0.5, 0.6) is 0 Å². The molecular weight excluding hydrogens is 314 g/mol. The van der Waals surface area contributed by atoms with Gasteiger partial charge in [-0.2, -0.15) is 0 Å². The smallest absolute Gasteiger partial charge is 0.0469 e. The monoisotopic (exact) mass is 339 g/mol. The van der Waals surface area contributed by atoms with Crippen LogP contribution in [-0.4, -0.2) is 5.54 Å². The maximum atomic E-state index is 3.80. The quantitative estimate of drug-likeness (QED) is 0.609. The van der Waals surface area contributed by atoms with Crippen molar-refractivity contribution in [3.05, 3.63) is 107 Å². The Morgan fingerprint density at radius 1 is 0.692 bits per heavy atom. The second kappa shape index (κ2) is 6.49. The Kier molecular flexibility index (Phi) is 4.16. The zero-order chi connectivity index (χ0) is 18.1. The second-order valence-electron chi connectivity index (χ2n) is 7.96. The predicted molar refractivity (Wildman–Crippen MR) is 111 cm³/mol. The average molecular weight is 339 g/mol. The van der Waals surface area contributed by atoms with E-state index >= 15 is 0 Å². The molecule has 1 aliphatic rings. The van der Waals surface area contributed by atoms with E-state index in [1.165, 1.54) is 33.5 Å². The Morgan fingerprint density at radius 2 is 1.27 bits per heavy atom. The molecule has 1 atom stereocenters. The Balaban J connectivity index is 1.99. The summed E-state index contributed by atoms with van der Waals surface area (Å²) in [5.74, 6) is 0.250. The fourth-order valence-electron chi connectivity index (χ4n) is 3.85. The van der Waals surface area contributed by atoms with Crippen LogP contribution < -0.4 is 5.32 Å². The van der Waals surface area contributed by atoms with Gasteiger partial charge in [-0.05, 0) is 43.0 Å². The predicted octanol–water partition coefficient (Wildman–Crippen LogP) is 6.09. The van der Waals surface area contributed by atoms with Gasteiger partial charge in [0.1, 0.15) is 0 Å². The molecule has 1 unspecified atom stereocenters. The molecule has 0 spiro atoms. The van der Waals surface area contributed by atoms with E-state index in [-0.39, 0.29) is 11.5 Å². The maximum Gasteiger partial charge on any atom is 0.0469 e. The molecular formula is C25H25N. The topological polar surface area (TPSA) is 12.0 Å². The minimum absolute atomic E-state index is 0.00590. The summed E-state index contributed by atoms with van der Waals surface area (Å²) in [4.78, 5) is 0. The molecule has 1 N–H and O–H groups in total. The van der Waals surface area contributed by atoms with Crippen LogP contribution in [0.4, 0.5) is 0 Å². The molecule has 1 heteroatoms. The van der Waals surface area contributed by atoms with Gasteiger partial charge >= 0.3 is 0 Å². The van der Waals surface area contributed by atoms with Crippen LogP contribution in [-0.2, 0) is 0 Å². The SMILES string of the molecule is CC(C)(C)NC1=C(c2ccccc2)C(c2ccccc2)c2ccccc21. The lowest BCUT2D eigenvalue weighted by Crippen LogP contribution is -2.34. The third kappa shape index (κ3) is 3.06. The average Bonchev–Trinajstić information content (AvgIpc) is 2.96. The summed E-state index contributed by atoms with van der Waals surface area (Å²) in [6.45, 7) is 6.67. The molecule has 3 aromatic rings. The Bertz CT molecular complexity index is 931. The second-order valence-corrected chi connectivity index (χ2v) is 7.96. The number of fused-ring (bicyclic) bond motifs is 1. The van der Waals surface area contributed by atoms with Gasteiger partial charge in [-0.15, -0.1) is 0 Å². The molecule has 3 aromatic carbocycles. The van der Waals surface area contributed by atoms with Gasteiger partial charge in [0, 0.05) is 22.7 Å². The fraction of sp³-hybridized carbons (Fsp3) is 0.200. The molecule has 0 saturated carbocycles. The van der Waals surface area contributed by atoms with Crippen LogP contribution in [0, 0.1) is 0 Å². The lowest BCUT2D eigenvalue weighted by Gasteiger charge is -2.25. The molecule has 0 radical (unpaired) electrons. The number of allylic oxidation sites excluding steroid dienone is 1. The highest BCUT2D eigenvalue weighted by atomic mass is 15.0. The van der Waals surface area contributed by atoms with E-state index in [4.69, 9.17) is 0 Å². The van der Waals surface area contributed by atoms with E-state index in [0.717, 1.165) is 0 Å². The summed E-state index contributed by atoms with van der Waals surface area (Å²) in [6.07, 6.45) is 0. The van der Waals surface area contributed by atoms with Crippen molar-refractivity contribution in [2.75, 3.05) is 0 Å². The highest BCUT2D eigenvalue weighted by Gasteiger charge is 2.34. The van der Waals surface area contributed by atoms with Gasteiger partial charge in [-0.3, -0.25) is 0 Å². The Morgan fingerprint density at radius 3 is 1.92 bits per heavy atom. The largest absolute Gasteiger partial charge is 0.380 e. The number of hydrogen-bond donors (Lipinski definition) is 1. The first-order valence-electron chi connectivity index (χ1n) is 9.26. The summed E-state index contributed by atoms with van der Waals surface area (Å²) < 4.78 is 0. The van der Waals surface area contributed by atoms with Crippen LogP contribution in [0.1, 0.15) is 48.9 Å². The number of hydrogen-bond acceptors (Lipinski definition) is 1. The standard InChI is InChI=1S/C25H25N/c1-25(2,3)26-24-21-17-11-10-16-20(21)22(18-12-6-4-7-13-18)23(24)19-14-8-5-9-15-19/h4-17,22,26H,1-3H3. The molecule has 0 amide bonds. The lowest BCUT2D eigenvalue weighted by molar-refractivity contribution is 0.502. The van der Waals surface area contributed by atoms with Gasteiger partial charge in [0.2, 0.25) is 0 Å². The van der Waals surface area contributed by atoms with E-state index in [1.807, 2.05) is 0 Å². The Hall–Kier alpha value is -2.80. The van der Waals surface area contributed by atoms with E-state index in [2.05, 4.69) is 111 Å². The zero-order valence-electron chi connectivity index (χ0n) is 15.7. The number of rotatable bonds is 3. The van der Waals surface area contributed by atoms with E-state index in [0.29, 0.717) is 0 Å². The number of nitrogens with one attached hydrogen (secondary N) is 1. The molecule has 26 heavy (non-hydrogen) atoms. The van der Waals surface area contributed by atoms with Crippen molar-refractivity contribution in [3.63, 3.8) is 0 Å². The van der Waals surface area contributed by atoms with Crippen molar-refractivity contribution in [3.8, 4) is 0 Å². The van der Waals surface area contributed by atoms with Gasteiger partial charge in [-0.25, -0.2) is 0 Å². The van der Waals surface area contributed by atoms with E-state index in [9.17, 15) is 0 Å². The normalized spacial score (nSPS) is 16.5. The fourth-order valence-corrected chi connectivity index (χ4v) is 3.85. The van der Waals surface area contributed by atoms with Crippen molar-refractivity contribution in [1.82, 2.24) is 5.32 Å². The maximum absolute atomic E-state index is 3.80. The Labute approximate surface area is 156 Å². The highest BCUT2D eigenvalue weighted by molar-refractivity contribution is 6.00. The van der Waals surface area contributed by atoms with Gasteiger partial charge in [-0.1, -0.05) is 84.9 Å². The molecule has 0 saturated heterocycles. The van der Waals surface area contributed by atoms with Crippen LogP contribution >= 0.6 is 0 Å². The zero-order valence-corrected chi connectivity index (χ0v) is 15.7. The van der Waals surface area contributed by atoms with Crippen LogP contribution in [0.2, 0.25) is 0 Å². The highest BCUT2D eigenvalue weighted by Crippen LogP contribution is 2.49. The van der Waals surface area contributed by atoms with Crippen molar-refractivity contribution in [2.24, 2.45) is 0 Å². The number of benzene rings is 3. The third-order valence-electron chi connectivity index (χ3n) is 4.82. The first-order chi connectivity index (χ1) is 12.5. The molecule has 0 bridgehead atoms. The van der Waals surface area contributed by atoms with Crippen molar-refractivity contribution < 1.29 is 0 Å². The van der Waals surface area contributed by atoms with Gasteiger partial charge in [0.25, 0.3) is 0 Å². The molecule has 4 rings (SSSR count). The lowest BCUT2D eigenvalue weighted by atomic mass is 9.85. The molecule has 0 aliphatic heterocycles. The summed E-state index contributed by atoms with van der Waals surface area (Å²) >= 11 is 0. The molecule has 0 aromatic heterocycles. The molecule has 0 heterocycles. The first-order valence-corrected chi connectivity index (χ1v) is 9.26. The minimum Gasteiger partial charge on any atom is -0.380 e. The molecule has 130 valence electrons. The summed E-state index contributed by atoms with van der Waals surface area (Å²) in [6, 6.07) is 30.4. The van der Waals surface area contributed by atoms with E-state index < -0.39 is 0 Å². The van der Waals surface area contributed by atoms with Crippen LogP contribution in [0.15, 0.2) is 84.9 Å². The van der Waals surface area contributed by atoms with Crippen LogP contribution in [0.25, 0.3) is 11.3 Å². The summed E-state index contributed by atoms with van der Waals surface area (Å²) in [7, 11) is 0. The molecule has 1 nitrogen and oxygen atoms in total. The van der Waals surface area contributed by atoms with Crippen LogP contribution in [0.3, 0.4) is 0 Å². The molecule has 0 fully saturated rings. The summed E-state index contributed by atoms with van der Waals surface area (Å²) in [5, 5.41) is 3.80. The van der Waals surface area contributed by atoms with Gasteiger partial charge < -0.3 is 5.32 Å². The van der Waals surface area contributed by atoms with Crippen molar-refractivity contribution >= 4 is 11.3 Å². The minimum atomic E-state index is -0.00590. The first kappa shape index (κ1) is 16.7. The summed E-state index contributed by atoms with van der Waals surface area (Å²) in [5.41, 5.74) is 7.93. The van der Waals surface area contributed by atoms with Gasteiger partial charge in [0.05, 0.1) is 0 Å². The molecule has 1 aliphatic carbocycles. The third-order valence-corrected chi connectivity index (χ3v) is 4.82. The van der Waals surface area contributed by atoms with E-state index in [1.54, 1.807) is 0 Å². The van der Waals surface area contributed by atoms with Crippen molar-refractivity contribution in [2.45, 2.75) is 32.2 Å².